The maximum Gasteiger partial charge on any atom is 0.270 e. The van der Waals surface area contributed by atoms with Crippen LogP contribution in [-0.4, -0.2) is 16.8 Å². The van der Waals surface area contributed by atoms with Gasteiger partial charge in [-0.05, 0) is 36.2 Å². The molecule has 28 heavy (non-hydrogen) atoms. The Morgan fingerprint density at radius 3 is 2.50 bits per heavy atom. The molecule has 2 aromatic carbocycles. The fraction of sp³-hybridized carbons (Fsp3) is 0.136. The summed E-state index contributed by atoms with van der Waals surface area (Å²) in [5, 5.41) is 6.22. The smallest absolute Gasteiger partial charge is 0.270 e. The van der Waals surface area contributed by atoms with Crippen LogP contribution in [0.3, 0.4) is 0 Å². The molecule has 5 nitrogen and oxygen atoms in total. The van der Waals surface area contributed by atoms with Crippen molar-refractivity contribution in [2.75, 3.05) is 0 Å². The molecule has 0 bridgehead atoms. The normalized spacial score (nSPS) is 10.4. The summed E-state index contributed by atoms with van der Waals surface area (Å²) >= 11 is 6.10. The summed E-state index contributed by atoms with van der Waals surface area (Å²) < 4.78 is 0. The number of hydrogen-bond acceptors (Lipinski definition) is 3. The monoisotopic (exact) mass is 393 g/mol. The van der Waals surface area contributed by atoms with Crippen LogP contribution in [0.4, 0.5) is 0 Å². The Morgan fingerprint density at radius 2 is 1.71 bits per heavy atom. The number of benzene rings is 2. The van der Waals surface area contributed by atoms with Crippen molar-refractivity contribution < 1.29 is 9.59 Å². The maximum absolute atomic E-state index is 12.4. The third kappa shape index (κ3) is 5.18. The maximum atomic E-state index is 12.4. The highest BCUT2D eigenvalue weighted by atomic mass is 35.5. The molecule has 1 heterocycles. The van der Waals surface area contributed by atoms with Gasteiger partial charge in [0.1, 0.15) is 5.69 Å². The highest BCUT2D eigenvalue weighted by molar-refractivity contribution is 6.31. The molecule has 0 saturated heterocycles. The molecule has 3 rings (SSSR count). The van der Waals surface area contributed by atoms with Gasteiger partial charge in [-0.15, -0.1) is 0 Å². The number of nitrogens with one attached hydrogen (secondary N) is 2. The number of amides is 2. The number of carbonyl (C=O) groups excluding carboxylic acids is 2. The minimum absolute atomic E-state index is 0.193. The lowest BCUT2D eigenvalue weighted by molar-refractivity contribution is 0.0946. The van der Waals surface area contributed by atoms with Gasteiger partial charge >= 0.3 is 0 Å². The molecule has 0 atom stereocenters. The van der Waals surface area contributed by atoms with Crippen molar-refractivity contribution in [1.82, 2.24) is 15.6 Å². The first-order chi connectivity index (χ1) is 13.5. The number of rotatable bonds is 6. The number of nitrogens with zero attached hydrogens (tertiary/aromatic N) is 1. The average molecular weight is 394 g/mol. The van der Waals surface area contributed by atoms with Gasteiger partial charge in [-0.25, -0.2) is 0 Å². The first kappa shape index (κ1) is 19.6. The lowest BCUT2D eigenvalue weighted by atomic mass is 10.1. The van der Waals surface area contributed by atoms with Gasteiger partial charge in [-0.3, -0.25) is 14.6 Å². The summed E-state index contributed by atoms with van der Waals surface area (Å²) in [7, 11) is 0. The van der Waals surface area contributed by atoms with E-state index in [-0.39, 0.29) is 17.5 Å². The van der Waals surface area contributed by atoms with E-state index in [0.717, 1.165) is 16.7 Å². The predicted molar refractivity (Wildman–Crippen MR) is 109 cm³/mol. The molecule has 0 unspecified atom stereocenters. The minimum Gasteiger partial charge on any atom is -0.348 e. The number of aromatic nitrogens is 1. The van der Waals surface area contributed by atoms with E-state index in [1.165, 1.54) is 12.3 Å². The third-order valence-electron chi connectivity index (χ3n) is 4.19. The van der Waals surface area contributed by atoms with Crippen LogP contribution >= 0.6 is 11.6 Å². The first-order valence-corrected chi connectivity index (χ1v) is 9.22. The van der Waals surface area contributed by atoms with E-state index >= 15 is 0 Å². The van der Waals surface area contributed by atoms with Crippen LogP contribution in [-0.2, 0) is 13.1 Å². The van der Waals surface area contributed by atoms with Crippen molar-refractivity contribution >= 4 is 23.4 Å². The molecule has 142 valence electrons. The molecule has 0 aliphatic carbocycles. The standard InChI is InChI=1S/C22H20ClN3O2/c1-15-5-4-6-16(11-15)13-25-22(28)20-12-17(9-10-24-20)21(27)26-14-18-7-2-3-8-19(18)23/h2-12H,13-14H2,1H3,(H,25,28)(H,26,27). The molecule has 0 fully saturated rings. The second kappa shape index (κ2) is 9.15. The van der Waals surface area contributed by atoms with E-state index in [4.69, 9.17) is 11.6 Å². The van der Waals surface area contributed by atoms with Crippen LogP contribution in [0.1, 0.15) is 37.5 Å². The number of aryl methyl sites for hydroxylation is 1. The summed E-state index contributed by atoms with van der Waals surface area (Å²) in [5.74, 6) is -0.627. The highest BCUT2D eigenvalue weighted by Crippen LogP contribution is 2.14. The summed E-state index contributed by atoms with van der Waals surface area (Å²) in [6.45, 7) is 2.69. The second-order valence-corrected chi connectivity index (χ2v) is 6.78. The molecule has 0 aliphatic rings. The van der Waals surface area contributed by atoms with Crippen LogP contribution in [0.2, 0.25) is 5.02 Å². The number of pyridine rings is 1. The third-order valence-corrected chi connectivity index (χ3v) is 4.56. The minimum atomic E-state index is -0.331. The Balaban J connectivity index is 1.61. The van der Waals surface area contributed by atoms with Crippen molar-refractivity contribution in [2.45, 2.75) is 20.0 Å². The quantitative estimate of drug-likeness (QED) is 0.667. The van der Waals surface area contributed by atoms with E-state index in [2.05, 4.69) is 15.6 Å². The van der Waals surface area contributed by atoms with E-state index in [1.807, 2.05) is 49.4 Å². The summed E-state index contributed by atoms with van der Waals surface area (Å²) in [6.07, 6.45) is 1.45. The number of halogens is 1. The van der Waals surface area contributed by atoms with Crippen LogP contribution in [0, 0.1) is 6.92 Å². The molecule has 6 heteroatoms. The second-order valence-electron chi connectivity index (χ2n) is 6.38. The van der Waals surface area contributed by atoms with Gasteiger partial charge in [-0.2, -0.15) is 0 Å². The van der Waals surface area contributed by atoms with E-state index < -0.39 is 0 Å². The Bertz CT molecular complexity index is 1000. The van der Waals surface area contributed by atoms with Gasteiger partial charge in [0.05, 0.1) is 0 Å². The molecular weight excluding hydrogens is 374 g/mol. The zero-order chi connectivity index (χ0) is 19.9. The van der Waals surface area contributed by atoms with E-state index in [9.17, 15) is 9.59 Å². The van der Waals surface area contributed by atoms with Crippen molar-refractivity contribution in [3.05, 3.63) is 99.8 Å². The van der Waals surface area contributed by atoms with Crippen molar-refractivity contribution in [3.63, 3.8) is 0 Å². The summed E-state index contributed by atoms with van der Waals surface area (Å²) in [4.78, 5) is 28.9. The molecule has 0 spiro atoms. The number of carbonyl (C=O) groups is 2. The molecule has 1 aromatic heterocycles. The Hall–Kier alpha value is -3.18. The molecule has 3 aromatic rings. The molecule has 0 saturated carbocycles. The molecule has 0 aliphatic heterocycles. The van der Waals surface area contributed by atoms with Crippen LogP contribution in [0.5, 0.6) is 0 Å². The van der Waals surface area contributed by atoms with Gasteiger partial charge in [0.25, 0.3) is 11.8 Å². The lowest BCUT2D eigenvalue weighted by Crippen LogP contribution is -2.26. The molecule has 2 amide bonds. The van der Waals surface area contributed by atoms with Gasteiger partial charge in [0.2, 0.25) is 0 Å². The lowest BCUT2D eigenvalue weighted by Gasteiger charge is -2.09. The van der Waals surface area contributed by atoms with Crippen molar-refractivity contribution in [3.8, 4) is 0 Å². The van der Waals surface area contributed by atoms with Crippen LogP contribution < -0.4 is 10.6 Å². The van der Waals surface area contributed by atoms with Crippen LogP contribution in [0.25, 0.3) is 0 Å². The van der Waals surface area contributed by atoms with Crippen molar-refractivity contribution in [2.24, 2.45) is 0 Å². The van der Waals surface area contributed by atoms with E-state index in [0.29, 0.717) is 23.7 Å². The average Bonchev–Trinajstić information content (AvgIpc) is 2.71. The van der Waals surface area contributed by atoms with Gasteiger partial charge in [0.15, 0.2) is 0 Å². The number of hydrogen-bond donors (Lipinski definition) is 2. The van der Waals surface area contributed by atoms with Gasteiger partial charge in [-0.1, -0.05) is 59.6 Å². The molecule has 2 N–H and O–H groups in total. The van der Waals surface area contributed by atoms with Gasteiger partial charge in [0, 0.05) is 29.9 Å². The summed E-state index contributed by atoms with van der Waals surface area (Å²) in [5.41, 5.74) is 3.51. The fourth-order valence-electron chi connectivity index (χ4n) is 2.71. The summed E-state index contributed by atoms with van der Waals surface area (Å²) in [6, 6.07) is 18.2. The van der Waals surface area contributed by atoms with Gasteiger partial charge < -0.3 is 10.6 Å². The Kier molecular flexibility index (Phi) is 6.40. The predicted octanol–water partition coefficient (Wildman–Crippen LogP) is 3.90. The fourth-order valence-corrected chi connectivity index (χ4v) is 2.91. The Morgan fingerprint density at radius 1 is 0.929 bits per heavy atom. The first-order valence-electron chi connectivity index (χ1n) is 8.84. The zero-order valence-corrected chi connectivity index (χ0v) is 16.2. The topological polar surface area (TPSA) is 71.1 Å². The SMILES string of the molecule is Cc1cccc(CNC(=O)c2cc(C(=O)NCc3ccccc3Cl)ccn2)c1. The van der Waals surface area contributed by atoms with E-state index in [1.54, 1.807) is 12.1 Å². The molecular formula is C22H20ClN3O2. The molecule has 0 radical (unpaired) electrons. The van der Waals surface area contributed by atoms with Crippen molar-refractivity contribution in [1.29, 1.82) is 0 Å². The highest BCUT2D eigenvalue weighted by Gasteiger charge is 2.12. The van der Waals surface area contributed by atoms with Crippen LogP contribution in [0.15, 0.2) is 66.9 Å². The Labute approximate surface area is 168 Å². The zero-order valence-electron chi connectivity index (χ0n) is 15.4. The largest absolute Gasteiger partial charge is 0.348 e.